The van der Waals surface area contributed by atoms with E-state index in [9.17, 15) is 4.79 Å². The van der Waals surface area contributed by atoms with E-state index in [4.69, 9.17) is 0 Å². The normalized spacial score (nSPS) is 23.1. The molecule has 0 aromatic carbocycles. The predicted molar refractivity (Wildman–Crippen MR) is 63.5 cm³/mol. The van der Waals surface area contributed by atoms with Gasteiger partial charge in [-0.2, -0.15) is 0 Å². The molecular formula is C11H23N3O2. The Hall–Kier alpha value is -0.810. The summed E-state index contributed by atoms with van der Waals surface area (Å²) in [6.45, 7) is 6.34. The summed E-state index contributed by atoms with van der Waals surface area (Å²) < 4.78 is 4.59. The van der Waals surface area contributed by atoms with Crippen LogP contribution in [0.3, 0.4) is 0 Å². The van der Waals surface area contributed by atoms with Crippen molar-refractivity contribution in [1.29, 1.82) is 0 Å². The molecule has 0 aliphatic carbocycles. The summed E-state index contributed by atoms with van der Waals surface area (Å²) in [4.78, 5) is 13.4. The third kappa shape index (κ3) is 4.37. The Bertz CT molecular complexity index is 223. The standard InChI is InChI=1S/C11H23N3O2/c1-9(6-12-2)7-14-5-4-10(8-14)13-11(15)16-3/h9-10,12H,4-8H2,1-3H3,(H,13,15). The SMILES string of the molecule is CNCC(C)CN1CCC(NC(=O)OC)C1. The maximum atomic E-state index is 11.0. The van der Waals surface area contributed by atoms with Crippen molar-refractivity contribution in [2.75, 3.05) is 40.3 Å². The molecule has 5 nitrogen and oxygen atoms in total. The van der Waals surface area contributed by atoms with Crippen LogP contribution < -0.4 is 10.6 Å². The number of alkyl carbamates (subject to hydrolysis) is 1. The summed E-state index contributed by atoms with van der Waals surface area (Å²) in [6.07, 6.45) is 0.691. The molecule has 1 fully saturated rings. The van der Waals surface area contributed by atoms with E-state index in [-0.39, 0.29) is 12.1 Å². The number of nitrogens with zero attached hydrogens (tertiary/aromatic N) is 1. The van der Waals surface area contributed by atoms with Crippen LogP contribution in [0.15, 0.2) is 0 Å². The smallest absolute Gasteiger partial charge is 0.407 e. The molecule has 1 aliphatic heterocycles. The van der Waals surface area contributed by atoms with Crippen molar-refractivity contribution in [2.24, 2.45) is 5.92 Å². The summed E-state index contributed by atoms with van der Waals surface area (Å²) in [6, 6.07) is 0.245. The van der Waals surface area contributed by atoms with Crippen molar-refractivity contribution in [3.05, 3.63) is 0 Å². The van der Waals surface area contributed by atoms with Gasteiger partial charge in [0.15, 0.2) is 0 Å². The Morgan fingerprint density at radius 3 is 3.00 bits per heavy atom. The van der Waals surface area contributed by atoms with Crippen molar-refractivity contribution in [3.8, 4) is 0 Å². The molecule has 1 heterocycles. The third-order valence-corrected chi connectivity index (χ3v) is 2.90. The van der Waals surface area contributed by atoms with Gasteiger partial charge in [-0.15, -0.1) is 0 Å². The van der Waals surface area contributed by atoms with Gasteiger partial charge < -0.3 is 20.3 Å². The van der Waals surface area contributed by atoms with E-state index in [1.54, 1.807) is 0 Å². The van der Waals surface area contributed by atoms with E-state index in [1.807, 2.05) is 7.05 Å². The molecule has 0 radical (unpaired) electrons. The van der Waals surface area contributed by atoms with Crippen molar-refractivity contribution < 1.29 is 9.53 Å². The molecule has 0 spiro atoms. The van der Waals surface area contributed by atoms with Crippen molar-refractivity contribution in [1.82, 2.24) is 15.5 Å². The van der Waals surface area contributed by atoms with Gasteiger partial charge in [-0.3, -0.25) is 0 Å². The molecule has 1 rings (SSSR count). The summed E-state index contributed by atoms with van der Waals surface area (Å²) in [5.74, 6) is 0.641. The van der Waals surface area contributed by atoms with Crippen LogP contribution in [0.4, 0.5) is 4.79 Å². The van der Waals surface area contributed by atoms with Crippen LogP contribution >= 0.6 is 0 Å². The van der Waals surface area contributed by atoms with E-state index in [0.29, 0.717) is 5.92 Å². The molecule has 1 amide bonds. The second-order valence-electron chi connectivity index (χ2n) is 4.54. The van der Waals surface area contributed by atoms with Gasteiger partial charge in [-0.1, -0.05) is 6.92 Å². The molecule has 2 N–H and O–H groups in total. The van der Waals surface area contributed by atoms with Crippen LogP contribution in [-0.2, 0) is 4.74 Å². The quantitative estimate of drug-likeness (QED) is 0.710. The summed E-state index contributed by atoms with van der Waals surface area (Å²) in [7, 11) is 3.37. The summed E-state index contributed by atoms with van der Waals surface area (Å²) in [5, 5.41) is 6.02. The Labute approximate surface area is 97.5 Å². The van der Waals surface area contributed by atoms with Gasteiger partial charge >= 0.3 is 6.09 Å². The molecule has 5 heteroatoms. The van der Waals surface area contributed by atoms with Gasteiger partial charge in [0, 0.05) is 25.7 Å². The fourth-order valence-corrected chi connectivity index (χ4v) is 2.20. The molecule has 0 saturated carbocycles. The predicted octanol–water partition coefficient (Wildman–Crippen LogP) is 0.272. The first-order valence-electron chi connectivity index (χ1n) is 5.87. The van der Waals surface area contributed by atoms with Crippen LogP contribution in [0.25, 0.3) is 0 Å². The number of carbonyl (C=O) groups excluding carboxylic acids is 1. The van der Waals surface area contributed by atoms with Gasteiger partial charge in [0.25, 0.3) is 0 Å². The summed E-state index contributed by atoms with van der Waals surface area (Å²) in [5.41, 5.74) is 0. The number of carbonyl (C=O) groups is 1. The molecule has 0 bridgehead atoms. The van der Waals surface area contributed by atoms with E-state index in [1.165, 1.54) is 7.11 Å². The first kappa shape index (κ1) is 13.3. The molecule has 0 aromatic rings. The number of amides is 1. The lowest BCUT2D eigenvalue weighted by atomic mass is 10.2. The molecule has 94 valence electrons. The number of ether oxygens (including phenoxy) is 1. The van der Waals surface area contributed by atoms with Gasteiger partial charge in [-0.25, -0.2) is 4.79 Å². The Morgan fingerprint density at radius 1 is 1.62 bits per heavy atom. The van der Waals surface area contributed by atoms with Crippen LogP contribution in [0.1, 0.15) is 13.3 Å². The minimum Gasteiger partial charge on any atom is -0.453 e. The number of likely N-dealkylation sites (tertiary alicyclic amines) is 1. The number of nitrogens with one attached hydrogen (secondary N) is 2. The van der Waals surface area contributed by atoms with Crippen LogP contribution in [0.5, 0.6) is 0 Å². The first-order chi connectivity index (χ1) is 7.65. The van der Waals surface area contributed by atoms with E-state index >= 15 is 0 Å². The first-order valence-corrected chi connectivity index (χ1v) is 5.87. The molecule has 0 aromatic heterocycles. The molecule has 2 atom stereocenters. The van der Waals surface area contributed by atoms with Crippen molar-refractivity contribution in [3.63, 3.8) is 0 Å². The largest absolute Gasteiger partial charge is 0.453 e. The second kappa shape index (κ2) is 6.70. The Morgan fingerprint density at radius 2 is 2.38 bits per heavy atom. The Balaban J connectivity index is 2.21. The number of methoxy groups -OCH3 is 1. The highest BCUT2D eigenvalue weighted by Crippen LogP contribution is 2.11. The molecular weight excluding hydrogens is 206 g/mol. The minimum absolute atomic E-state index is 0.245. The number of hydrogen-bond donors (Lipinski definition) is 2. The van der Waals surface area contributed by atoms with Gasteiger partial charge in [-0.05, 0) is 25.9 Å². The second-order valence-corrected chi connectivity index (χ2v) is 4.54. The highest BCUT2D eigenvalue weighted by Gasteiger charge is 2.24. The fraction of sp³-hybridized carbons (Fsp3) is 0.909. The zero-order valence-corrected chi connectivity index (χ0v) is 10.5. The lowest BCUT2D eigenvalue weighted by molar-refractivity contribution is 0.166. The van der Waals surface area contributed by atoms with Crippen LogP contribution in [0.2, 0.25) is 0 Å². The van der Waals surface area contributed by atoms with Crippen LogP contribution in [0, 0.1) is 5.92 Å². The maximum Gasteiger partial charge on any atom is 0.407 e. The fourth-order valence-electron chi connectivity index (χ4n) is 2.20. The maximum absolute atomic E-state index is 11.0. The molecule has 1 saturated heterocycles. The van der Waals surface area contributed by atoms with E-state index < -0.39 is 0 Å². The zero-order valence-electron chi connectivity index (χ0n) is 10.5. The lowest BCUT2D eigenvalue weighted by Gasteiger charge is -2.20. The zero-order chi connectivity index (χ0) is 12.0. The summed E-state index contributed by atoms with van der Waals surface area (Å²) >= 11 is 0. The highest BCUT2D eigenvalue weighted by atomic mass is 16.5. The average Bonchev–Trinajstić information content (AvgIpc) is 2.65. The molecule has 2 unspecified atom stereocenters. The molecule has 1 aliphatic rings. The molecule has 16 heavy (non-hydrogen) atoms. The number of hydrogen-bond acceptors (Lipinski definition) is 4. The monoisotopic (exact) mass is 229 g/mol. The van der Waals surface area contributed by atoms with Gasteiger partial charge in [0.1, 0.15) is 0 Å². The number of rotatable bonds is 5. The average molecular weight is 229 g/mol. The lowest BCUT2D eigenvalue weighted by Crippen LogP contribution is -2.38. The third-order valence-electron chi connectivity index (χ3n) is 2.90. The van der Waals surface area contributed by atoms with Gasteiger partial charge in [0.05, 0.1) is 7.11 Å². The van der Waals surface area contributed by atoms with Crippen molar-refractivity contribution >= 4 is 6.09 Å². The minimum atomic E-state index is -0.324. The van der Waals surface area contributed by atoms with E-state index in [2.05, 4.69) is 27.2 Å². The van der Waals surface area contributed by atoms with Gasteiger partial charge in [0.2, 0.25) is 0 Å². The topological polar surface area (TPSA) is 53.6 Å². The Kier molecular flexibility index (Phi) is 5.55. The highest BCUT2D eigenvalue weighted by molar-refractivity contribution is 5.67. The van der Waals surface area contributed by atoms with Crippen LogP contribution in [-0.4, -0.2) is 57.4 Å². The van der Waals surface area contributed by atoms with E-state index in [0.717, 1.165) is 32.6 Å². The van der Waals surface area contributed by atoms with Crippen molar-refractivity contribution in [2.45, 2.75) is 19.4 Å².